The van der Waals surface area contributed by atoms with Gasteiger partial charge in [0.15, 0.2) is 0 Å². The third-order valence-electron chi connectivity index (χ3n) is 9.96. The maximum absolute atomic E-state index is 6.85. The number of fused-ring (bicyclic) bond motifs is 4. The number of pyridine rings is 2. The van der Waals surface area contributed by atoms with Crippen LogP contribution in [0.15, 0.2) is 47.2 Å². The fourth-order valence-electron chi connectivity index (χ4n) is 6.96. The Bertz CT molecular complexity index is 1580. The highest BCUT2D eigenvalue weighted by Crippen LogP contribution is 2.55. The summed E-state index contributed by atoms with van der Waals surface area (Å²) >= 11 is 13.0. The normalized spacial score (nSPS) is 25.6. The van der Waals surface area contributed by atoms with Crippen molar-refractivity contribution in [1.82, 2.24) is 15.1 Å². The van der Waals surface area contributed by atoms with Gasteiger partial charge in [-0.1, -0.05) is 46.6 Å². The van der Waals surface area contributed by atoms with Crippen molar-refractivity contribution in [2.45, 2.75) is 87.7 Å². The summed E-state index contributed by atoms with van der Waals surface area (Å²) in [5.41, 5.74) is 4.50. The Morgan fingerprint density at radius 3 is 2.37 bits per heavy atom. The second-order valence-corrected chi connectivity index (χ2v) is 13.5. The van der Waals surface area contributed by atoms with Crippen LogP contribution in [0.25, 0.3) is 22.2 Å². The van der Waals surface area contributed by atoms with Crippen molar-refractivity contribution in [2.75, 3.05) is 6.61 Å². The van der Waals surface area contributed by atoms with Gasteiger partial charge in [-0.2, -0.15) is 0 Å². The van der Waals surface area contributed by atoms with Crippen molar-refractivity contribution in [3.8, 4) is 17.0 Å². The van der Waals surface area contributed by atoms with E-state index in [0.29, 0.717) is 39.7 Å². The number of hydrogen-bond acceptors (Lipinski definition) is 6. The van der Waals surface area contributed by atoms with Gasteiger partial charge in [0.25, 0.3) is 0 Å². The molecule has 9 rings (SSSR count). The van der Waals surface area contributed by atoms with Crippen LogP contribution in [0, 0.1) is 5.92 Å². The standard InChI is InChI=1S/C33H33Cl2N3O3/c34-24-16-36-17-25(35)28(24)30-23(31(41-38-30)22-6-7-22)19-40-33-13-10-32(11-14-33,12-15-33)27-9-8-21-2-1-3-26(29(21)37-27)39-18-20-4-5-20/h1-3,8-9,16-17,20,22H,4-7,10-15,18-19H2. The second kappa shape index (κ2) is 9.96. The van der Waals surface area contributed by atoms with Gasteiger partial charge in [0.2, 0.25) is 0 Å². The molecule has 8 heteroatoms. The first kappa shape index (κ1) is 26.0. The maximum atomic E-state index is 6.85. The largest absolute Gasteiger partial charge is 0.491 e. The fourth-order valence-corrected chi connectivity index (χ4v) is 7.51. The molecule has 5 aliphatic carbocycles. The van der Waals surface area contributed by atoms with Crippen molar-refractivity contribution >= 4 is 34.1 Å². The summed E-state index contributed by atoms with van der Waals surface area (Å²) in [4.78, 5) is 9.37. The van der Waals surface area contributed by atoms with Gasteiger partial charge >= 0.3 is 0 Å². The van der Waals surface area contributed by atoms with Crippen molar-refractivity contribution in [3.63, 3.8) is 0 Å². The van der Waals surface area contributed by atoms with Crippen LogP contribution in [0.5, 0.6) is 5.75 Å². The van der Waals surface area contributed by atoms with E-state index in [4.69, 9.17) is 42.2 Å². The lowest BCUT2D eigenvalue weighted by Gasteiger charge is -2.52. The van der Waals surface area contributed by atoms with Crippen LogP contribution in [0.4, 0.5) is 0 Å². The van der Waals surface area contributed by atoms with Crippen LogP contribution < -0.4 is 4.74 Å². The monoisotopic (exact) mass is 589 g/mol. The second-order valence-electron chi connectivity index (χ2n) is 12.7. The molecule has 0 amide bonds. The Hall–Kier alpha value is -2.67. The lowest BCUT2D eigenvalue weighted by molar-refractivity contribution is -0.127. The molecular weight excluding hydrogens is 557 g/mol. The SMILES string of the molecule is Clc1cncc(Cl)c1-c1noc(C2CC2)c1COC12CCC(c3ccc4cccc(OCC5CC5)c4n3)(CC1)CC2. The molecule has 0 saturated heterocycles. The van der Waals surface area contributed by atoms with E-state index in [-0.39, 0.29) is 11.0 Å². The number of nitrogens with zero attached hydrogens (tertiary/aromatic N) is 3. The molecule has 3 heterocycles. The third-order valence-corrected chi connectivity index (χ3v) is 10.5. The maximum Gasteiger partial charge on any atom is 0.145 e. The van der Waals surface area contributed by atoms with Crippen LogP contribution in [0.3, 0.4) is 0 Å². The van der Waals surface area contributed by atoms with Gasteiger partial charge in [-0.25, -0.2) is 4.98 Å². The zero-order valence-electron chi connectivity index (χ0n) is 23.0. The molecule has 0 N–H and O–H groups in total. The Morgan fingerprint density at radius 2 is 1.66 bits per heavy atom. The molecule has 6 nitrogen and oxygen atoms in total. The minimum Gasteiger partial charge on any atom is -0.491 e. The highest BCUT2D eigenvalue weighted by molar-refractivity contribution is 6.38. The lowest BCUT2D eigenvalue weighted by Crippen LogP contribution is -2.50. The summed E-state index contributed by atoms with van der Waals surface area (Å²) < 4.78 is 18.9. The molecule has 5 fully saturated rings. The van der Waals surface area contributed by atoms with E-state index < -0.39 is 0 Å². The van der Waals surface area contributed by atoms with Crippen molar-refractivity contribution in [2.24, 2.45) is 5.92 Å². The predicted molar refractivity (Wildman–Crippen MR) is 159 cm³/mol. The quantitative estimate of drug-likeness (QED) is 0.194. The third kappa shape index (κ3) is 4.72. The number of ether oxygens (including phenoxy) is 2. The van der Waals surface area contributed by atoms with Crippen LogP contribution in [0.1, 0.15) is 87.1 Å². The Kier molecular flexibility index (Phi) is 6.32. The van der Waals surface area contributed by atoms with Crippen LogP contribution >= 0.6 is 23.2 Å². The fraction of sp³-hybridized carbons (Fsp3) is 0.485. The average Bonchev–Trinajstić information content (AvgIpc) is 3.95. The van der Waals surface area contributed by atoms with Gasteiger partial charge in [-0.05, 0) is 82.3 Å². The van der Waals surface area contributed by atoms with Crippen LogP contribution in [-0.4, -0.2) is 27.3 Å². The smallest absolute Gasteiger partial charge is 0.145 e. The summed E-state index contributed by atoms with van der Waals surface area (Å²) in [6.07, 6.45) is 14.3. The van der Waals surface area contributed by atoms with E-state index in [1.807, 2.05) is 0 Å². The summed E-state index contributed by atoms with van der Waals surface area (Å²) in [6.45, 7) is 1.24. The van der Waals surface area contributed by atoms with Crippen molar-refractivity contribution in [1.29, 1.82) is 0 Å². The Morgan fingerprint density at radius 1 is 0.902 bits per heavy atom. The van der Waals surface area contributed by atoms with Crippen LogP contribution in [-0.2, 0) is 16.8 Å². The number of rotatable bonds is 9. The minimum absolute atomic E-state index is 0.0997. The molecule has 0 aliphatic heterocycles. The van der Waals surface area contributed by atoms with Gasteiger partial charge in [0.05, 0.1) is 28.9 Å². The molecule has 4 aromatic rings. The van der Waals surface area contributed by atoms with Gasteiger partial charge in [0.1, 0.15) is 22.7 Å². The topological polar surface area (TPSA) is 70.3 Å². The van der Waals surface area contributed by atoms with E-state index in [1.165, 1.54) is 18.5 Å². The molecule has 3 aromatic heterocycles. The molecule has 5 saturated carbocycles. The van der Waals surface area contributed by atoms with Crippen LogP contribution in [0.2, 0.25) is 10.0 Å². The van der Waals surface area contributed by atoms with E-state index in [2.05, 4.69) is 40.5 Å². The molecule has 41 heavy (non-hydrogen) atoms. The molecule has 212 valence electrons. The first-order valence-corrected chi connectivity index (χ1v) is 15.7. The van der Waals surface area contributed by atoms with Crippen molar-refractivity contribution in [3.05, 3.63) is 69.8 Å². The van der Waals surface area contributed by atoms with E-state index in [0.717, 1.165) is 85.9 Å². The molecule has 5 aliphatic rings. The zero-order chi connectivity index (χ0) is 27.6. The number of hydrogen-bond donors (Lipinski definition) is 0. The van der Waals surface area contributed by atoms with E-state index in [1.54, 1.807) is 12.4 Å². The molecule has 0 atom stereocenters. The number of halogens is 2. The summed E-state index contributed by atoms with van der Waals surface area (Å²) in [6, 6.07) is 10.8. The lowest BCUT2D eigenvalue weighted by atomic mass is 9.57. The highest BCUT2D eigenvalue weighted by atomic mass is 35.5. The molecule has 0 unspecified atom stereocenters. The Balaban J connectivity index is 1.02. The number of benzene rings is 1. The first-order chi connectivity index (χ1) is 20.0. The molecular formula is C33H33Cl2N3O3. The molecule has 0 radical (unpaired) electrons. The predicted octanol–water partition coefficient (Wildman–Crippen LogP) is 8.82. The number of aromatic nitrogens is 3. The summed E-state index contributed by atoms with van der Waals surface area (Å²) in [5, 5.41) is 6.51. The Labute approximate surface area is 249 Å². The highest BCUT2D eigenvalue weighted by Gasteiger charge is 2.51. The summed E-state index contributed by atoms with van der Waals surface area (Å²) in [7, 11) is 0. The average molecular weight is 591 g/mol. The van der Waals surface area contributed by atoms with Gasteiger partial charge in [0, 0.05) is 45.9 Å². The molecule has 0 spiro atoms. The first-order valence-electron chi connectivity index (χ1n) is 15.0. The molecule has 1 aromatic carbocycles. The summed E-state index contributed by atoms with van der Waals surface area (Å²) in [5.74, 6) is 2.95. The minimum atomic E-state index is -0.141. The molecule has 2 bridgehead atoms. The van der Waals surface area contributed by atoms with E-state index in [9.17, 15) is 0 Å². The van der Waals surface area contributed by atoms with Gasteiger partial charge in [-0.3, -0.25) is 4.98 Å². The van der Waals surface area contributed by atoms with Crippen molar-refractivity contribution < 1.29 is 14.0 Å². The van der Waals surface area contributed by atoms with E-state index >= 15 is 0 Å². The van der Waals surface area contributed by atoms with Gasteiger partial charge < -0.3 is 14.0 Å². The zero-order valence-corrected chi connectivity index (χ0v) is 24.5. The number of para-hydroxylation sites is 1. The van der Waals surface area contributed by atoms with Gasteiger partial charge in [-0.15, -0.1) is 0 Å².